The molecule has 5 heteroatoms. The molecule has 1 amide bonds. The third-order valence-electron chi connectivity index (χ3n) is 4.49. The van der Waals surface area contributed by atoms with E-state index in [4.69, 9.17) is 0 Å². The summed E-state index contributed by atoms with van der Waals surface area (Å²) < 4.78 is 13.9. The summed E-state index contributed by atoms with van der Waals surface area (Å²) in [6.45, 7) is 2.51. The van der Waals surface area contributed by atoms with Gasteiger partial charge in [0, 0.05) is 24.2 Å². The zero-order valence-electron chi connectivity index (χ0n) is 13.0. The average molecular weight is 305 g/mol. The molecule has 4 nitrogen and oxygen atoms in total. The number of amides is 1. The topological polar surface area (TPSA) is 44.4 Å². The Hall–Kier alpha value is -1.46. The van der Waals surface area contributed by atoms with Crippen molar-refractivity contribution >= 4 is 5.91 Å². The number of rotatable bonds is 6. The van der Waals surface area contributed by atoms with E-state index >= 15 is 0 Å². The van der Waals surface area contributed by atoms with Crippen molar-refractivity contribution in [2.75, 3.05) is 0 Å². The van der Waals surface area contributed by atoms with Gasteiger partial charge in [-0.25, -0.2) is 9.82 Å². The zero-order chi connectivity index (χ0) is 15.5. The van der Waals surface area contributed by atoms with Crippen LogP contribution in [0.2, 0.25) is 0 Å². The minimum atomic E-state index is -0.234. The Labute approximate surface area is 131 Å². The molecule has 1 aromatic rings. The lowest BCUT2D eigenvalue weighted by atomic mass is 10.0. The van der Waals surface area contributed by atoms with Crippen molar-refractivity contribution in [1.29, 1.82) is 0 Å². The first-order chi connectivity index (χ1) is 10.7. The van der Waals surface area contributed by atoms with E-state index < -0.39 is 0 Å². The molecular formula is C17H24FN3O. The summed E-state index contributed by atoms with van der Waals surface area (Å²) in [5, 5.41) is 0. The summed E-state index contributed by atoms with van der Waals surface area (Å²) in [6, 6.07) is 7.16. The molecule has 120 valence electrons. The minimum absolute atomic E-state index is 0.0943. The summed E-state index contributed by atoms with van der Waals surface area (Å²) in [7, 11) is 0. The number of halogens is 1. The molecule has 1 saturated heterocycles. The van der Waals surface area contributed by atoms with Crippen LogP contribution in [0.4, 0.5) is 4.39 Å². The van der Waals surface area contributed by atoms with Crippen LogP contribution in [-0.4, -0.2) is 28.9 Å². The van der Waals surface area contributed by atoms with Gasteiger partial charge in [0.05, 0.1) is 0 Å². The SMILES string of the molecule is CCCC1CC(C(=O)N(Cc2ccccc2F)C2CC2)NN1. The van der Waals surface area contributed by atoms with Crippen LogP contribution in [0.3, 0.4) is 0 Å². The molecule has 2 fully saturated rings. The highest BCUT2D eigenvalue weighted by molar-refractivity contribution is 5.82. The smallest absolute Gasteiger partial charge is 0.241 e. The molecule has 2 unspecified atom stereocenters. The van der Waals surface area contributed by atoms with Crippen LogP contribution in [0.1, 0.15) is 44.6 Å². The molecule has 1 aliphatic carbocycles. The maximum Gasteiger partial charge on any atom is 0.241 e. The monoisotopic (exact) mass is 305 g/mol. The normalized spacial score (nSPS) is 24.5. The van der Waals surface area contributed by atoms with Crippen LogP contribution in [0.5, 0.6) is 0 Å². The van der Waals surface area contributed by atoms with Crippen molar-refractivity contribution in [3.8, 4) is 0 Å². The fraction of sp³-hybridized carbons (Fsp3) is 0.588. The highest BCUT2D eigenvalue weighted by atomic mass is 19.1. The number of hydrogen-bond acceptors (Lipinski definition) is 3. The van der Waals surface area contributed by atoms with E-state index in [0.717, 1.165) is 32.1 Å². The van der Waals surface area contributed by atoms with Crippen molar-refractivity contribution in [2.24, 2.45) is 0 Å². The molecule has 1 heterocycles. The quantitative estimate of drug-likeness (QED) is 0.848. The maximum absolute atomic E-state index is 13.9. The number of carbonyl (C=O) groups excluding carboxylic acids is 1. The van der Waals surface area contributed by atoms with Gasteiger partial charge in [0.15, 0.2) is 0 Å². The lowest BCUT2D eigenvalue weighted by Gasteiger charge is -2.25. The Morgan fingerprint density at radius 3 is 2.77 bits per heavy atom. The maximum atomic E-state index is 13.9. The molecule has 22 heavy (non-hydrogen) atoms. The third kappa shape index (κ3) is 3.47. The van der Waals surface area contributed by atoms with Crippen LogP contribution in [0.15, 0.2) is 24.3 Å². The molecule has 2 N–H and O–H groups in total. The van der Waals surface area contributed by atoms with E-state index in [1.807, 2.05) is 11.0 Å². The van der Waals surface area contributed by atoms with Gasteiger partial charge in [-0.15, -0.1) is 0 Å². The minimum Gasteiger partial charge on any atom is -0.334 e. The summed E-state index contributed by atoms with van der Waals surface area (Å²) in [5.74, 6) is -0.140. The molecule has 0 radical (unpaired) electrons. The van der Waals surface area contributed by atoms with Gasteiger partial charge in [0.25, 0.3) is 0 Å². The molecule has 0 spiro atoms. The molecular weight excluding hydrogens is 281 g/mol. The average Bonchev–Trinajstić information content (AvgIpc) is 3.25. The van der Waals surface area contributed by atoms with Crippen molar-refractivity contribution in [1.82, 2.24) is 15.8 Å². The number of hydrogen-bond donors (Lipinski definition) is 2. The largest absolute Gasteiger partial charge is 0.334 e. The molecule has 0 aromatic heterocycles. The summed E-state index contributed by atoms with van der Waals surface area (Å²) >= 11 is 0. The van der Waals surface area contributed by atoms with Gasteiger partial charge in [-0.05, 0) is 31.7 Å². The fourth-order valence-corrected chi connectivity index (χ4v) is 3.11. The second-order valence-electron chi connectivity index (χ2n) is 6.35. The zero-order valence-corrected chi connectivity index (χ0v) is 13.0. The highest BCUT2D eigenvalue weighted by Crippen LogP contribution is 2.30. The summed E-state index contributed by atoms with van der Waals surface area (Å²) in [6.07, 6.45) is 5.03. The predicted octanol–water partition coefficient (Wildman–Crippen LogP) is 2.35. The first-order valence-electron chi connectivity index (χ1n) is 8.24. The van der Waals surface area contributed by atoms with Crippen LogP contribution >= 0.6 is 0 Å². The molecule has 3 rings (SSSR count). The van der Waals surface area contributed by atoms with Gasteiger partial charge in [0.1, 0.15) is 11.9 Å². The summed E-state index contributed by atoms with van der Waals surface area (Å²) in [4.78, 5) is 14.6. The van der Waals surface area contributed by atoms with Crippen molar-refractivity contribution in [2.45, 2.75) is 63.7 Å². The lowest BCUT2D eigenvalue weighted by Crippen LogP contribution is -2.46. The lowest BCUT2D eigenvalue weighted by molar-refractivity contribution is -0.134. The number of nitrogens with zero attached hydrogens (tertiary/aromatic N) is 1. The van der Waals surface area contributed by atoms with E-state index in [-0.39, 0.29) is 23.8 Å². The molecule has 1 saturated carbocycles. The van der Waals surface area contributed by atoms with Crippen LogP contribution < -0.4 is 10.9 Å². The van der Waals surface area contributed by atoms with Crippen LogP contribution in [0.25, 0.3) is 0 Å². The number of carbonyl (C=O) groups is 1. The number of benzene rings is 1. The van der Waals surface area contributed by atoms with Gasteiger partial charge in [-0.3, -0.25) is 10.2 Å². The van der Waals surface area contributed by atoms with Crippen molar-refractivity contribution in [3.05, 3.63) is 35.6 Å². The van der Waals surface area contributed by atoms with Gasteiger partial charge >= 0.3 is 0 Å². The number of nitrogens with one attached hydrogen (secondary N) is 2. The Morgan fingerprint density at radius 1 is 1.32 bits per heavy atom. The van der Waals surface area contributed by atoms with Crippen molar-refractivity contribution in [3.63, 3.8) is 0 Å². The Balaban J connectivity index is 1.67. The number of hydrazine groups is 1. The van der Waals surface area contributed by atoms with Gasteiger partial charge in [0.2, 0.25) is 5.91 Å². The van der Waals surface area contributed by atoms with Crippen molar-refractivity contribution < 1.29 is 9.18 Å². The third-order valence-corrected chi connectivity index (χ3v) is 4.49. The van der Waals surface area contributed by atoms with E-state index in [1.165, 1.54) is 6.07 Å². The molecule has 2 atom stereocenters. The Kier molecular flexibility index (Phi) is 4.74. The molecule has 2 aliphatic rings. The fourth-order valence-electron chi connectivity index (χ4n) is 3.11. The standard InChI is InChI=1S/C17H24FN3O/c1-2-5-13-10-16(20-19-13)17(22)21(14-8-9-14)11-12-6-3-4-7-15(12)18/h3-4,6-7,13-14,16,19-20H,2,5,8-11H2,1H3. The van der Waals surface area contributed by atoms with Gasteiger partial charge in [-0.2, -0.15) is 0 Å². The molecule has 0 bridgehead atoms. The van der Waals surface area contributed by atoms with E-state index in [2.05, 4.69) is 17.8 Å². The van der Waals surface area contributed by atoms with E-state index in [0.29, 0.717) is 18.2 Å². The van der Waals surface area contributed by atoms with E-state index in [1.54, 1.807) is 12.1 Å². The van der Waals surface area contributed by atoms with Crippen LogP contribution in [-0.2, 0) is 11.3 Å². The predicted molar refractivity (Wildman–Crippen MR) is 83.3 cm³/mol. The Morgan fingerprint density at radius 2 is 2.09 bits per heavy atom. The first kappa shape index (κ1) is 15.4. The second-order valence-corrected chi connectivity index (χ2v) is 6.35. The Bertz CT molecular complexity index is 532. The molecule has 1 aliphatic heterocycles. The molecule has 1 aromatic carbocycles. The van der Waals surface area contributed by atoms with Crippen LogP contribution in [0, 0.1) is 5.82 Å². The van der Waals surface area contributed by atoms with Gasteiger partial charge in [-0.1, -0.05) is 31.5 Å². The summed E-state index contributed by atoms with van der Waals surface area (Å²) in [5.41, 5.74) is 6.92. The van der Waals surface area contributed by atoms with Gasteiger partial charge < -0.3 is 4.90 Å². The first-order valence-corrected chi connectivity index (χ1v) is 8.24. The highest BCUT2D eigenvalue weighted by Gasteiger charge is 2.38. The van der Waals surface area contributed by atoms with E-state index in [9.17, 15) is 9.18 Å². The second kappa shape index (κ2) is 6.75.